The van der Waals surface area contributed by atoms with E-state index in [1.54, 1.807) is 27.9 Å². The fourth-order valence-electron chi connectivity index (χ4n) is 1.61. The lowest BCUT2D eigenvalue weighted by molar-refractivity contribution is -0.109. The Balaban J connectivity index is 2.58. The highest BCUT2D eigenvalue weighted by atomic mass is 16.6. The van der Waals surface area contributed by atoms with Crippen molar-refractivity contribution in [2.24, 2.45) is 0 Å². The number of aldehydes is 1. The minimum atomic E-state index is -0.613. The highest BCUT2D eigenvalue weighted by molar-refractivity contribution is 5.73. The van der Waals surface area contributed by atoms with Crippen molar-refractivity contribution in [2.75, 3.05) is 7.11 Å². The number of carbonyl (C=O) groups excluding carboxylic acids is 2. The lowest BCUT2D eigenvalue weighted by Crippen LogP contribution is -2.41. The zero-order valence-corrected chi connectivity index (χ0v) is 12.3. The van der Waals surface area contributed by atoms with Gasteiger partial charge in [-0.05, 0) is 44.9 Å². The van der Waals surface area contributed by atoms with E-state index in [1.807, 2.05) is 24.3 Å². The molecule has 1 unspecified atom stereocenters. The van der Waals surface area contributed by atoms with Crippen LogP contribution in [0.3, 0.4) is 0 Å². The number of amides is 1. The molecule has 1 aromatic rings. The number of carbonyl (C=O) groups is 2. The molecule has 0 heterocycles. The van der Waals surface area contributed by atoms with Crippen molar-refractivity contribution in [3.8, 4) is 5.75 Å². The molecule has 0 aliphatic carbocycles. The number of methoxy groups -OCH3 is 1. The molecule has 20 heavy (non-hydrogen) atoms. The molecule has 5 nitrogen and oxygen atoms in total. The van der Waals surface area contributed by atoms with E-state index in [-0.39, 0.29) is 0 Å². The van der Waals surface area contributed by atoms with Gasteiger partial charge in [0.05, 0.1) is 13.2 Å². The zero-order valence-electron chi connectivity index (χ0n) is 12.3. The summed E-state index contributed by atoms with van der Waals surface area (Å²) in [6, 6.07) is 6.71. The molecule has 0 bridgehead atoms. The largest absolute Gasteiger partial charge is 0.497 e. The van der Waals surface area contributed by atoms with Crippen molar-refractivity contribution < 1.29 is 19.1 Å². The van der Waals surface area contributed by atoms with Crippen LogP contribution in [0.1, 0.15) is 26.3 Å². The number of ether oxygens (including phenoxy) is 2. The van der Waals surface area contributed by atoms with Crippen LogP contribution in [-0.4, -0.2) is 31.1 Å². The summed E-state index contributed by atoms with van der Waals surface area (Å²) in [5.41, 5.74) is 0.344. The van der Waals surface area contributed by atoms with Gasteiger partial charge in [0.2, 0.25) is 0 Å². The maximum atomic E-state index is 11.6. The average molecular weight is 279 g/mol. The van der Waals surface area contributed by atoms with Crippen LogP contribution in [0.4, 0.5) is 4.79 Å². The van der Waals surface area contributed by atoms with E-state index >= 15 is 0 Å². The Labute approximate surface area is 119 Å². The highest BCUT2D eigenvalue weighted by Gasteiger charge is 2.19. The SMILES string of the molecule is COc1ccc(CC(C=O)NC(=O)OC(C)(C)C)cc1. The molecule has 0 spiro atoms. The second kappa shape index (κ2) is 6.93. The predicted molar refractivity (Wildman–Crippen MR) is 75.9 cm³/mol. The second-order valence-corrected chi connectivity index (χ2v) is 5.44. The quantitative estimate of drug-likeness (QED) is 0.840. The van der Waals surface area contributed by atoms with Gasteiger partial charge in [-0.25, -0.2) is 4.79 Å². The van der Waals surface area contributed by atoms with Crippen LogP contribution >= 0.6 is 0 Å². The van der Waals surface area contributed by atoms with Gasteiger partial charge in [-0.15, -0.1) is 0 Å². The molecule has 0 aromatic heterocycles. The van der Waals surface area contributed by atoms with Gasteiger partial charge in [0.1, 0.15) is 17.6 Å². The molecular formula is C15H21NO4. The van der Waals surface area contributed by atoms with E-state index in [9.17, 15) is 9.59 Å². The van der Waals surface area contributed by atoms with Gasteiger partial charge >= 0.3 is 6.09 Å². The van der Waals surface area contributed by atoms with Crippen LogP contribution in [0.5, 0.6) is 5.75 Å². The molecule has 1 N–H and O–H groups in total. The fraction of sp³-hybridized carbons (Fsp3) is 0.467. The first-order valence-corrected chi connectivity index (χ1v) is 6.42. The molecular weight excluding hydrogens is 258 g/mol. The molecule has 0 fully saturated rings. The molecule has 0 saturated heterocycles. The molecule has 0 saturated carbocycles. The molecule has 1 rings (SSSR count). The lowest BCUT2D eigenvalue weighted by Gasteiger charge is -2.21. The summed E-state index contributed by atoms with van der Waals surface area (Å²) in [5.74, 6) is 0.747. The summed E-state index contributed by atoms with van der Waals surface area (Å²) >= 11 is 0. The topological polar surface area (TPSA) is 64.6 Å². The summed E-state index contributed by atoms with van der Waals surface area (Å²) in [5, 5.41) is 2.54. The van der Waals surface area contributed by atoms with Crippen molar-refractivity contribution in [2.45, 2.75) is 38.8 Å². The summed E-state index contributed by atoms with van der Waals surface area (Å²) in [4.78, 5) is 22.6. The third kappa shape index (κ3) is 5.73. The van der Waals surface area contributed by atoms with E-state index in [4.69, 9.17) is 9.47 Å². The molecule has 0 aliphatic heterocycles. The van der Waals surface area contributed by atoms with Gasteiger partial charge in [-0.2, -0.15) is 0 Å². The Morgan fingerprint density at radius 1 is 1.30 bits per heavy atom. The standard InChI is InChI=1S/C15H21NO4/c1-15(2,3)20-14(18)16-12(10-17)9-11-5-7-13(19-4)8-6-11/h5-8,10,12H,9H2,1-4H3,(H,16,18). The van der Waals surface area contributed by atoms with E-state index < -0.39 is 17.7 Å². The first-order chi connectivity index (χ1) is 9.34. The maximum Gasteiger partial charge on any atom is 0.408 e. The smallest absolute Gasteiger partial charge is 0.408 e. The average Bonchev–Trinajstić information content (AvgIpc) is 2.36. The Morgan fingerprint density at radius 2 is 1.90 bits per heavy atom. The van der Waals surface area contributed by atoms with E-state index in [0.29, 0.717) is 12.7 Å². The van der Waals surface area contributed by atoms with Gasteiger partial charge in [-0.3, -0.25) is 0 Å². The number of nitrogens with one attached hydrogen (secondary N) is 1. The van der Waals surface area contributed by atoms with E-state index in [2.05, 4.69) is 5.32 Å². The van der Waals surface area contributed by atoms with Gasteiger partial charge in [0.25, 0.3) is 0 Å². The third-order valence-electron chi connectivity index (χ3n) is 2.48. The fourth-order valence-corrected chi connectivity index (χ4v) is 1.61. The van der Waals surface area contributed by atoms with E-state index in [0.717, 1.165) is 11.3 Å². The van der Waals surface area contributed by atoms with Crippen LogP contribution in [0.2, 0.25) is 0 Å². The Morgan fingerprint density at radius 3 is 2.35 bits per heavy atom. The molecule has 1 atom stereocenters. The Hall–Kier alpha value is -2.04. The minimum Gasteiger partial charge on any atom is -0.497 e. The van der Waals surface area contributed by atoms with Crippen molar-refractivity contribution >= 4 is 12.4 Å². The number of hydrogen-bond donors (Lipinski definition) is 1. The molecule has 1 aromatic carbocycles. The Kier molecular flexibility index (Phi) is 5.55. The van der Waals surface area contributed by atoms with Gasteiger partial charge in [-0.1, -0.05) is 12.1 Å². The van der Waals surface area contributed by atoms with Gasteiger partial charge in [0.15, 0.2) is 0 Å². The normalized spacial score (nSPS) is 12.4. The molecule has 110 valence electrons. The van der Waals surface area contributed by atoms with Crippen LogP contribution in [-0.2, 0) is 16.0 Å². The number of rotatable bonds is 5. The molecule has 1 amide bonds. The third-order valence-corrected chi connectivity index (χ3v) is 2.48. The van der Waals surface area contributed by atoms with Crippen LogP contribution < -0.4 is 10.1 Å². The first kappa shape index (κ1) is 16.0. The monoisotopic (exact) mass is 279 g/mol. The Bertz CT molecular complexity index is 448. The number of alkyl carbamates (subject to hydrolysis) is 1. The highest BCUT2D eigenvalue weighted by Crippen LogP contribution is 2.13. The van der Waals surface area contributed by atoms with Crippen molar-refractivity contribution in [3.63, 3.8) is 0 Å². The summed E-state index contributed by atoms with van der Waals surface area (Å²) in [7, 11) is 1.59. The summed E-state index contributed by atoms with van der Waals surface area (Å²) in [6.07, 6.45) is 0.518. The zero-order chi connectivity index (χ0) is 15.2. The summed E-state index contributed by atoms with van der Waals surface area (Å²) < 4.78 is 10.2. The van der Waals surface area contributed by atoms with Gasteiger partial charge < -0.3 is 19.6 Å². The summed E-state index contributed by atoms with van der Waals surface area (Å²) in [6.45, 7) is 5.31. The van der Waals surface area contributed by atoms with E-state index in [1.165, 1.54) is 0 Å². The number of benzene rings is 1. The van der Waals surface area contributed by atoms with Crippen LogP contribution in [0.15, 0.2) is 24.3 Å². The van der Waals surface area contributed by atoms with Crippen molar-refractivity contribution in [3.05, 3.63) is 29.8 Å². The maximum absolute atomic E-state index is 11.6. The molecule has 0 radical (unpaired) electrons. The first-order valence-electron chi connectivity index (χ1n) is 6.42. The van der Waals surface area contributed by atoms with Crippen LogP contribution in [0, 0.1) is 0 Å². The van der Waals surface area contributed by atoms with Crippen LogP contribution in [0.25, 0.3) is 0 Å². The van der Waals surface area contributed by atoms with Gasteiger partial charge in [0, 0.05) is 0 Å². The predicted octanol–water partition coefficient (Wildman–Crippen LogP) is 2.33. The minimum absolute atomic E-state index is 0.409. The van der Waals surface area contributed by atoms with Crippen molar-refractivity contribution in [1.82, 2.24) is 5.32 Å². The van der Waals surface area contributed by atoms with Crippen molar-refractivity contribution in [1.29, 1.82) is 0 Å². The number of hydrogen-bond acceptors (Lipinski definition) is 4. The molecule has 5 heteroatoms. The second-order valence-electron chi connectivity index (χ2n) is 5.44. The molecule has 0 aliphatic rings. The lowest BCUT2D eigenvalue weighted by atomic mass is 10.1.